The monoisotopic (exact) mass is 211 g/mol. The zero-order valence-corrected chi connectivity index (χ0v) is 10.2. The van der Waals surface area contributed by atoms with Crippen molar-refractivity contribution in [3.63, 3.8) is 0 Å². The van der Waals surface area contributed by atoms with E-state index in [4.69, 9.17) is 10.5 Å². The lowest BCUT2D eigenvalue weighted by molar-refractivity contribution is 0.0226. The highest BCUT2D eigenvalue weighted by Gasteiger charge is 2.21. The first-order chi connectivity index (χ1) is 6.87. The van der Waals surface area contributed by atoms with Gasteiger partial charge in [-0.05, 0) is 27.7 Å². The van der Waals surface area contributed by atoms with Crippen LogP contribution in [0.25, 0.3) is 0 Å². The zero-order chi connectivity index (χ0) is 11.6. The summed E-state index contributed by atoms with van der Waals surface area (Å²) in [7, 11) is 1.70. The van der Waals surface area contributed by atoms with Crippen molar-refractivity contribution in [1.29, 1.82) is 0 Å². The summed E-state index contributed by atoms with van der Waals surface area (Å²) in [4.78, 5) is 4.33. The van der Waals surface area contributed by atoms with Gasteiger partial charge in [-0.3, -0.25) is 0 Å². The lowest BCUT2D eigenvalue weighted by Gasteiger charge is -2.22. The summed E-state index contributed by atoms with van der Waals surface area (Å²) in [6.45, 7) is 8.23. The summed E-state index contributed by atoms with van der Waals surface area (Å²) in [5.74, 6) is 0.745. The van der Waals surface area contributed by atoms with Gasteiger partial charge in [-0.1, -0.05) is 0 Å². The number of nitrogens with zero attached hydrogens (tertiary/aromatic N) is 2. The number of aromatic nitrogens is 2. The van der Waals surface area contributed by atoms with Crippen LogP contribution in [0.4, 0.5) is 5.82 Å². The predicted octanol–water partition coefficient (Wildman–Crippen LogP) is 2.01. The fraction of sp³-hybridized carbons (Fsp3) is 0.727. The maximum atomic E-state index is 6.01. The molecule has 2 N–H and O–H groups in total. The highest BCUT2D eigenvalue weighted by Crippen LogP contribution is 2.21. The van der Waals surface area contributed by atoms with Crippen LogP contribution in [-0.4, -0.2) is 22.3 Å². The minimum atomic E-state index is -0.218. The molecule has 0 aliphatic heterocycles. The van der Waals surface area contributed by atoms with Gasteiger partial charge in [0.25, 0.3) is 0 Å². The van der Waals surface area contributed by atoms with Gasteiger partial charge in [-0.25, -0.2) is 4.98 Å². The third-order valence-corrected chi connectivity index (χ3v) is 2.61. The quantitative estimate of drug-likeness (QED) is 0.829. The molecule has 4 heteroatoms. The molecule has 1 rings (SSSR count). The molecule has 0 aromatic carbocycles. The molecule has 0 amide bonds. The van der Waals surface area contributed by atoms with Gasteiger partial charge in [0.1, 0.15) is 5.82 Å². The summed E-state index contributed by atoms with van der Waals surface area (Å²) in [5.41, 5.74) is 6.71. The number of ether oxygens (including phenoxy) is 1. The summed E-state index contributed by atoms with van der Waals surface area (Å²) >= 11 is 0. The zero-order valence-electron chi connectivity index (χ0n) is 10.2. The van der Waals surface area contributed by atoms with Crippen LogP contribution >= 0.6 is 0 Å². The van der Waals surface area contributed by atoms with Gasteiger partial charge in [-0.2, -0.15) is 0 Å². The molecule has 1 aromatic heterocycles. The van der Waals surface area contributed by atoms with Crippen molar-refractivity contribution >= 4 is 5.82 Å². The first-order valence-electron chi connectivity index (χ1n) is 5.23. The Morgan fingerprint density at radius 2 is 2.13 bits per heavy atom. The molecule has 0 bridgehead atoms. The molecule has 0 spiro atoms. The van der Waals surface area contributed by atoms with Crippen LogP contribution in [0.1, 0.15) is 39.4 Å². The van der Waals surface area contributed by atoms with Crippen LogP contribution in [0.3, 0.4) is 0 Å². The number of nitrogens with two attached hydrogens (primary N) is 1. The van der Waals surface area contributed by atoms with E-state index in [0.29, 0.717) is 6.04 Å². The molecule has 0 aliphatic carbocycles. The number of rotatable bonds is 4. The fourth-order valence-corrected chi connectivity index (χ4v) is 1.43. The molecule has 0 unspecified atom stereocenters. The Bertz CT molecular complexity index is 329. The molecular formula is C11H21N3O. The van der Waals surface area contributed by atoms with E-state index in [1.807, 2.05) is 18.4 Å². The SMILES string of the molecule is COC(C)(C)Cc1ncn(C(C)C)c1N. The van der Waals surface area contributed by atoms with Crippen molar-refractivity contribution in [2.45, 2.75) is 45.8 Å². The number of methoxy groups -OCH3 is 1. The number of imidazole rings is 1. The maximum absolute atomic E-state index is 6.01. The molecule has 86 valence electrons. The normalized spacial score (nSPS) is 12.4. The van der Waals surface area contributed by atoms with E-state index in [2.05, 4.69) is 18.8 Å². The fourth-order valence-electron chi connectivity index (χ4n) is 1.43. The van der Waals surface area contributed by atoms with E-state index >= 15 is 0 Å². The molecule has 0 aliphatic rings. The number of hydrogen-bond acceptors (Lipinski definition) is 3. The van der Waals surface area contributed by atoms with Crippen LogP contribution < -0.4 is 5.73 Å². The van der Waals surface area contributed by atoms with E-state index in [9.17, 15) is 0 Å². The van der Waals surface area contributed by atoms with Gasteiger partial charge >= 0.3 is 0 Å². The van der Waals surface area contributed by atoms with Crippen LogP contribution in [-0.2, 0) is 11.2 Å². The Labute approximate surface area is 91.4 Å². The standard InChI is InChI=1S/C11H21N3O/c1-8(2)14-7-13-9(10(14)12)6-11(3,4)15-5/h7-8H,6,12H2,1-5H3. The lowest BCUT2D eigenvalue weighted by atomic mass is 10.0. The Morgan fingerprint density at radius 1 is 1.53 bits per heavy atom. The topological polar surface area (TPSA) is 53.1 Å². The van der Waals surface area contributed by atoms with Crippen LogP contribution in [0.2, 0.25) is 0 Å². The van der Waals surface area contributed by atoms with E-state index in [1.165, 1.54) is 0 Å². The summed E-state index contributed by atoms with van der Waals surface area (Å²) in [5, 5.41) is 0. The summed E-state index contributed by atoms with van der Waals surface area (Å²) < 4.78 is 7.33. The molecule has 0 saturated heterocycles. The molecule has 1 heterocycles. The number of anilines is 1. The molecule has 0 saturated carbocycles. The molecular weight excluding hydrogens is 190 g/mol. The Morgan fingerprint density at radius 3 is 2.53 bits per heavy atom. The first-order valence-corrected chi connectivity index (χ1v) is 5.23. The third kappa shape index (κ3) is 2.72. The van der Waals surface area contributed by atoms with Crippen molar-refractivity contribution in [3.05, 3.63) is 12.0 Å². The molecule has 0 fully saturated rings. The number of hydrogen-bond donors (Lipinski definition) is 1. The van der Waals surface area contributed by atoms with Gasteiger partial charge in [0.2, 0.25) is 0 Å². The highest BCUT2D eigenvalue weighted by molar-refractivity contribution is 5.37. The van der Waals surface area contributed by atoms with Gasteiger partial charge in [0.05, 0.1) is 17.6 Å². The van der Waals surface area contributed by atoms with Crippen molar-refractivity contribution in [3.8, 4) is 0 Å². The van der Waals surface area contributed by atoms with Crippen LogP contribution in [0, 0.1) is 0 Å². The molecule has 0 atom stereocenters. The van der Waals surface area contributed by atoms with Crippen LogP contribution in [0.5, 0.6) is 0 Å². The Kier molecular flexibility index (Phi) is 3.39. The molecule has 15 heavy (non-hydrogen) atoms. The van der Waals surface area contributed by atoms with Crippen molar-refractivity contribution < 1.29 is 4.74 Å². The minimum absolute atomic E-state index is 0.218. The van der Waals surface area contributed by atoms with E-state index in [-0.39, 0.29) is 5.60 Å². The second-order valence-electron chi connectivity index (χ2n) is 4.72. The molecule has 4 nitrogen and oxygen atoms in total. The average Bonchev–Trinajstić information content (AvgIpc) is 2.48. The summed E-state index contributed by atoms with van der Waals surface area (Å²) in [6, 6.07) is 0.344. The van der Waals surface area contributed by atoms with Gasteiger partial charge in [-0.15, -0.1) is 0 Å². The lowest BCUT2D eigenvalue weighted by Crippen LogP contribution is -2.26. The van der Waals surface area contributed by atoms with E-state index in [1.54, 1.807) is 13.4 Å². The second-order valence-corrected chi connectivity index (χ2v) is 4.72. The largest absolute Gasteiger partial charge is 0.384 e. The Balaban J connectivity index is 2.88. The molecule has 0 radical (unpaired) electrons. The van der Waals surface area contributed by atoms with Gasteiger partial charge in [0, 0.05) is 19.6 Å². The maximum Gasteiger partial charge on any atom is 0.126 e. The van der Waals surface area contributed by atoms with Crippen LogP contribution in [0.15, 0.2) is 6.33 Å². The molecule has 1 aromatic rings. The minimum Gasteiger partial charge on any atom is -0.384 e. The first kappa shape index (κ1) is 12.0. The third-order valence-electron chi connectivity index (χ3n) is 2.61. The van der Waals surface area contributed by atoms with E-state index < -0.39 is 0 Å². The predicted molar refractivity (Wildman–Crippen MR) is 61.8 cm³/mol. The average molecular weight is 211 g/mol. The van der Waals surface area contributed by atoms with Crippen molar-refractivity contribution in [2.24, 2.45) is 0 Å². The number of nitrogen functional groups attached to an aromatic ring is 1. The smallest absolute Gasteiger partial charge is 0.126 e. The van der Waals surface area contributed by atoms with Crippen molar-refractivity contribution in [2.75, 3.05) is 12.8 Å². The highest BCUT2D eigenvalue weighted by atomic mass is 16.5. The Hall–Kier alpha value is -1.03. The second kappa shape index (κ2) is 4.23. The summed E-state index contributed by atoms with van der Waals surface area (Å²) in [6.07, 6.45) is 2.52. The van der Waals surface area contributed by atoms with Crippen molar-refractivity contribution in [1.82, 2.24) is 9.55 Å². The van der Waals surface area contributed by atoms with Gasteiger partial charge < -0.3 is 15.0 Å². The van der Waals surface area contributed by atoms with Gasteiger partial charge in [0.15, 0.2) is 0 Å². The van der Waals surface area contributed by atoms with E-state index in [0.717, 1.165) is 17.9 Å².